The summed E-state index contributed by atoms with van der Waals surface area (Å²) in [6.45, 7) is 4.48. The van der Waals surface area contributed by atoms with Crippen molar-refractivity contribution in [2.75, 3.05) is 25.6 Å². The van der Waals surface area contributed by atoms with E-state index in [1.807, 2.05) is 6.92 Å². The summed E-state index contributed by atoms with van der Waals surface area (Å²) in [4.78, 5) is 12.1. The average molecular weight is 300 g/mol. The number of benzene rings is 1. The zero-order valence-corrected chi connectivity index (χ0v) is 12.6. The molecule has 0 spiro atoms. The highest BCUT2D eigenvalue weighted by Crippen LogP contribution is 2.20. The molecule has 2 N–H and O–H groups in total. The van der Waals surface area contributed by atoms with Crippen LogP contribution >= 0.6 is 0 Å². The van der Waals surface area contributed by atoms with Gasteiger partial charge in [0.2, 0.25) is 0 Å². The van der Waals surface area contributed by atoms with E-state index in [1.54, 1.807) is 14.0 Å². The molecule has 0 aromatic heterocycles. The molecule has 1 rings (SSSR count). The Morgan fingerprint density at radius 3 is 2.38 bits per heavy atom. The van der Waals surface area contributed by atoms with Gasteiger partial charge >= 0.3 is 0 Å². The maximum Gasteiger partial charge on any atom is 0.251 e. The van der Waals surface area contributed by atoms with E-state index in [-0.39, 0.29) is 17.3 Å². The lowest BCUT2D eigenvalue weighted by molar-refractivity contribution is 0.0890. The standard InChI is InChI=1S/C15H22F2N2O2/c1-4-6-11(9-21-3)19-15(20)10-7-12(16)14(18-5-2)13(17)8-10/h7-8,11,18H,4-6,9H2,1-3H3,(H,19,20). The van der Waals surface area contributed by atoms with Crippen molar-refractivity contribution >= 4 is 11.6 Å². The van der Waals surface area contributed by atoms with Crippen molar-refractivity contribution in [2.45, 2.75) is 32.7 Å². The predicted octanol–water partition coefficient (Wildman–Crippen LogP) is 2.94. The third kappa shape index (κ3) is 4.97. The van der Waals surface area contributed by atoms with Gasteiger partial charge in [0, 0.05) is 19.2 Å². The molecule has 0 aliphatic heterocycles. The molecule has 21 heavy (non-hydrogen) atoms. The van der Waals surface area contributed by atoms with Gasteiger partial charge in [-0.05, 0) is 25.5 Å². The van der Waals surface area contributed by atoms with Gasteiger partial charge in [0.1, 0.15) is 17.3 Å². The summed E-state index contributed by atoms with van der Waals surface area (Å²) in [6.07, 6.45) is 1.61. The predicted molar refractivity (Wildman–Crippen MR) is 78.6 cm³/mol. The number of hydrogen-bond acceptors (Lipinski definition) is 3. The third-order valence-electron chi connectivity index (χ3n) is 3.00. The average Bonchev–Trinajstić information content (AvgIpc) is 2.43. The van der Waals surface area contributed by atoms with Crippen LogP contribution in [0.4, 0.5) is 14.5 Å². The van der Waals surface area contributed by atoms with Crippen LogP contribution in [0.1, 0.15) is 37.0 Å². The van der Waals surface area contributed by atoms with Gasteiger partial charge in [-0.3, -0.25) is 4.79 Å². The molecule has 0 saturated heterocycles. The zero-order valence-electron chi connectivity index (χ0n) is 12.6. The Morgan fingerprint density at radius 2 is 1.90 bits per heavy atom. The fraction of sp³-hybridized carbons (Fsp3) is 0.533. The maximum atomic E-state index is 13.8. The van der Waals surface area contributed by atoms with Crippen molar-refractivity contribution in [3.8, 4) is 0 Å². The first kappa shape index (κ1) is 17.4. The molecule has 0 aliphatic rings. The lowest BCUT2D eigenvalue weighted by Crippen LogP contribution is -2.38. The first-order valence-corrected chi connectivity index (χ1v) is 7.06. The molecule has 0 saturated carbocycles. The molecule has 0 aliphatic carbocycles. The van der Waals surface area contributed by atoms with E-state index < -0.39 is 17.5 Å². The SMILES string of the molecule is CCCC(COC)NC(=O)c1cc(F)c(NCC)c(F)c1. The molecule has 0 heterocycles. The summed E-state index contributed by atoms with van der Waals surface area (Å²) < 4.78 is 32.6. The Kier molecular flexibility index (Phi) is 7.08. The molecule has 0 fully saturated rings. The van der Waals surface area contributed by atoms with Crippen molar-refractivity contribution in [1.82, 2.24) is 5.32 Å². The molecule has 1 atom stereocenters. The molecule has 4 nitrogen and oxygen atoms in total. The summed E-state index contributed by atoms with van der Waals surface area (Å²) in [5, 5.41) is 5.31. The van der Waals surface area contributed by atoms with E-state index in [0.29, 0.717) is 13.2 Å². The van der Waals surface area contributed by atoms with Crippen LogP contribution in [-0.2, 0) is 4.74 Å². The molecule has 118 valence electrons. The second-order valence-corrected chi connectivity index (χ2v) is 4.76. The van der Waals surface area contributed by atoms with E-state index in [2.05, 4.69) is 10.6 Å². The van der Waals surface area contributed by atoms with Gasteiger partial charge in [-0.25, -0.2) is 8.78 Å². The minimum Gasteiger partial charge on any atom is -0.383 e. The van der Waals surface area contributed by atoms with Crippen molar-refractivity contribution in [3.05, 3.63) is 29.3 Å². The van der Waals surface area contributed by atoms with E-state index in [9.17, 15) is 13.6 Å². The lowest BCUT2D eigenvalue weighted by atomic mass is 10.1. The first-order valence-electron chi connectivity index (χ1n) is 7.06. The molecule has 1 unspecified atom stereocenters. The zero-order chi connectivity index (χ0) is 15.8. The van der Waals surface area contributed by atoms with E-state index in [0.717, 1.165) is 25.0 Å². The molecule has 6 heteroatoms. The monoisotopic (exact) mass is 300 g/mol. The van der Waals surface area contributed by atoms with Crippen LogP contribution in [0.25, 0.3) is 0 Å². The fourth-order valence-electron chi connectivity index (χ4n) is 2.07. The minimum absolute atomic E-state index is 0.0381. The lowest BCUT2D eigenvalue weighted by Gasteiger charge is -2.17. The Balaban J connectivity index is 2.87. The van der Waals surface area contributed by atoms with Crippen molar-refractivity contribution in [3.63, 3.8) is 0 Å². The van der Waals surface area contributed by atoms with E-state index in [1.165, 1.54) is 0 Å². The molecule has 0 radical (unpaired) electrons. The number of ether oxygens (including phenoxy) is 1. The summed E-state index contributed by atoms with van der Waals surface area (Å²) in [5.41, 5.74) is -0.250. The van der Waals surface area contributed by atoms with Crippen LogP contribution in [0.5, 0.6) is 0 Å². The molecule has 1 aromatic carbocycles. The maximum absolute atomic E-state index is 13.8. The molecular formula is C15H22F2N2O2. The number of hydrogen-bond donors (Lipinski definition) is 2. The van der Waals surface area contributed by atoms with Gasteiger partial charge in [-0.1, -0.05) is 13.3 Å². The van der Waals surface area contributed by atoms with Crippen LogP contribution in [0.3, 0.4) is 0 Å². The Bertz CT molecular complexity index is 452. The van der Waals surface area contributed by atoms with Gasteiger partial charge in [0.05, 0.1) is 12.6 Å². The Hall–Kier alpha value is -1.69. The van der Waals surface area contributed by atoms with Crippen LogP contribution in [0.15, 0.2) is 12.1 Å². The number of carbonyl (C=O) groups is 1. The highest BCUT2D eigenvalue weighted by molar-refractivity contribution is 5.94. The second kappa shape index (κ2) is 8.56. The van der Waals surface area contributed by atoms with Crippen molar-refractivity contribution in [1.29, 1.82) is 0 Å². The quantitative estimate of drug-likeness (QED) is 0.776. The summed E-state index contributed by atoms with van der Waals surface area (Å²) in [6, 6.07) is 1.89. The second-order valence-electron chi connectivity index (χ2n) is 4.76. The smallest absolute Gasteiger partial charge is 0.251 e. The first-order chi connectivity index (χ1) is 10.0. The number of methoxy groups -OCH3 is 1. The van der Waals surface area contributed by atoms with Crippen molar-refractivity contribution < 1.29 is 18.3 Å². The largest absolute Gasteiger partial charge is 0.383 e. The third-order valence-corrected chi connectivity index (χ3v) is 3.00. The molecule has 1 aromatic rings. The highest BCUT2D eigenvalue weighted by atomic mass is 19.1. The summed E-state index contributed by atoms with van der Waals surface area (Å²) in [7, 11) is 1.54. The number of rotatable bonds is 8. The van der Waals surface area contributed by atoms with Gasteiger partial charge in [0.25, 0.3) is 5.91 Å². The number of carbonyl (C=O) groups excluding carboxylic acids is 1. The minimum atomic E-state index is -0.777. The van der Waals surface area contributed by atoms with Crippen LogP contribution in [0.2, 0.25) is 0 Å². The summed E-state index contributed by atoms with van der Waals surface area (Å²) in [5.74, 6) is -2.06. The Labute approximate surface area is 123 Å². The highest BCUT2D eigenvalue weighted by Gasteiger charge is 2.17. The van der Waals surface area contributed by atoms with Gasteiger partial charge in [0.15, 0.2) is 0 Å². The van der Waals surface area contributed by atoms with E-state index >= 15 is 0 Å². The van der Waals surface area contributed by atoms with Gasteiger partial charge in [-0.2, -0.15) is 0 Å². The van der Waals surface area contributed by atoms with Crippen LogP contribution in [-0.4, -0.2) is 32.2 Å². The number of halogens is 2. The normalized spacial score (nSPS) is 12.0. The Morgan fingerprint density at radius 1 is 1.29 bits per heavy atom. The molecule has 1 amide bonds. The fourth-order valence-corrected chi connectivity index (χ4v) is 2.07. The van der Waals surface area contributed by atoms with Gasteiger partial charge in [-0.15, -0.1) is 0 Å². The van der Waals surface area contributed by atoms with Crippen LogP contribution in [0, 0.1) is 11.6 Å². The van der Waals surface area contributed by atoms with Crippen LogP contribution < -0.4 is 10.6 Å². The topological polar surface area (TPSA) is 50.4 Å². The van der Waals surface area contributed by atoms with Gasteiger partial charge < -0.3 is 15.4 Å². The molecular weight excluding hydrogens is 278 g/mol. The van der Waals surface area contributed by atoms with E-state index in [4.69, 9.17) is 4.74 Å². The number of anilines is 1. The number of amides is 1. The summed E-state index contributed by atoms with van der Waals surface area (Å²) >= 11 is 0. The molecule has 0 bridgehead atoms. The number of nitrogens with one attached hydrogen (secondary N) is 2. The van der Waals surface area contributed by atoms with Crippen molar-refractivity contribution in [2.24, 2.45) is 0 Å².